The van der Waals surface area contributed by atoms with Crippen LogP contribution in [0.25, 0.3) is 0 Å². The molecule has 136 valence electrons. The van der Waals surface area contributed by atoms with Crippen molar-refractivity contribution in [3.63, 3.8) is 0 Å². The Morgan fingerprint density at radius 3 is 2.88 bits per heavy atom. The van der Waals surface area contributed by atoms with Crippen molar-refractivity contribution < 1.29 is 14.4 Å². The molecule has 6 nitrogen and oxygen atoms in total. The van der Waals surface area contributed by atoms with Gasteiger partial charge in [-0.1, -0.05) is 18.9 Å². The summed E-state index contributed by atoms with van der Waals surface area (Å²) in [7, 11) is 0. The summed E-state index contributed by atoms with van der Waals surface area (Å²) in [5, 5.41) is 7.74. The van der Waals surface area contributed by atoms with Crippen LogP contribution in [-0.4, -0.2) is 47.1 Å². The summed E-state index contributed by atoms with van der Waals surface area (Å²) in [5.41, 5.74) is -0.689. The number of hydrogen-bond donors (Lipinski definition) is 2. The van der Waals surface area contributed by atoms with Gasteiger partial charge in [0.15, 0.2) is 0 Å². The second-order valence-electron chi connectivity index (χ2n) is 6.41. The molecule has 0 unspecified atom stereocenters. The number of nitrogens with one attached hydrogen (secondary N) is 2. The van der Waals surface area contributed by atoms with Crippen LogP contribution in [0.4, 0.5) is 4.79 Å². The highest BCUT2D eigenvalue weighted by atomic mass is 32.2. The maximum atomic E-state index is 12.5. The van der Waals surface area contributed by atoms with E-state index >= 15 is 0 Å². The lowest BCUT2D eigenvalue weighted by Crippen LogP contribution is -2.44. The fourth-order valence-electron chi connectivity index (χ4n) is 3.33. The molecule has 25 heavy (non-hydrogen) atoms. The SMILES string of the molecule is O=C(CCN1C(=O)NC2(CCCC2)C1=O)NCCSCc1cccs1. The summed E-state index contributed by atoms with van der Waals surface area (Å²) in [6, 6.07) is 3.78. The average molecular weight is 382 g/mol. The molecule has 1 saturated carbocycles. The minimum absolute atomic E-state index is 0.121. The van der Waals surface area contributed by atoms with E-state index in [9.17, 15) is 14.4 Å². The maximum Gasteiger partial charge on any atom is 0.325 e. The Hall–Kier alpha value is -1.54. The fraction of sp³-hybridized carbons (Fsp3) is 0.588. The molecule has 0 radical (unpaired) electrons. The van der Waals surface area contributed by atoms with Crippen molar-refractivity contribution in [2.45, 2.75) is 43.4 Å². The Morgan fingerprint density at radius 2 is 2.16 bits per heavy atom. The van der Waals surface area contributed by atoms with Crippen LogP contribution in [0.5, 0.6) is 0 Å². The molecule has 2 fully saturated rings. The first kappa shape index (κ1) is 18.3. The van der Waals surface area contributed by atoms with Gasteiger partial charge in [-0.25, -0.2) is 4.79 Å². The van der Waals surface area contributed by atoms with Gasteiger partial charge in [-0.05, 0) is 24.3 Å². The van der Waals surface area contributed by atoms with Crippen molar-refractivity contribution in [1.29, 1.82) is 0 Å². The average Bonchev–Trinajstić information content (AvgIpc) is 3.30. The quantitative estimate of drug-likeness (QED) is 0.535. The van der Waals surface area contributed by atoms with Crippen LogP contribution in [-0.2, 0) is 15.3 Å². The molecule has 4 amide bonds. The number of thiophene rings is 1. The third-order valence-electron chi connectivity index (χ3n) is 4.66. The third-order valence-corrected chi connectivity index (χ3v) is 6.73. The van der Waals surface area contributed by atoms with Crippen molar-refractivity contribution >= 4 is 40.9 Å². The van der Waals surface area contributed by atoms with E-state index in [2.05, 4.69) is 22.1 Å². The number of hydrogen-bond acceptors (Lipinski definition) is 5. The van der Waals surface area contributed by atoms with Crippen LogP contribution < -0.4 is 10.6 Å². The van der Waals surface area contributed by atoms with E-state index in [0.717, 1.165) is 24.3 Å². The summed E-state index contributed by atoms with van der Waals surface area (Å²) in [5.74, 6) is 1.52. The van der Waals surface area contributed by atoms with E-state index in [1.807, 2.05) is 6.07 Å². The number of carbonyl (C=O) groups excluding carboxylic acids is 3. The predicted molar refractivity (Wildman–Crippen MR) is 99.6 cm³/mol. The Balaban J connectivity index is 1.33. The summed E-state index contributed by atoms with van der Waals surface area (Å²) in [4.78, 5) is 39.0. The smallest absolute Gasteiger partial charge is 0.325 e. The molecule has 1 saturated heterocycles. The number of rotatable bonds is 8. The first-order valence-electron chi connectivity index (χ1n) is 8.62. The van der Waals surface area contributed by atoms with E-state index in [1.165, 1.54) is 9.78 Å². The van der Waals surface area contributed by atoms with Gasteiger partial charge < -0.3 is 10.6 Å². The van der Waals surface area contributed by atoms with E-state index in [4.69, 9.17) is 0 Å². The Bertz CT molecular complexity index is 627. The molecule has 1 aromatic heterocycles. The van der Waals surface area contributed by atoms with Gasteiger partial charge >= 0.3 is 6.03 Å². The zero-order valence-electron chi connectivity index (χ0n) is 14.1. The highest BCUT2D eigenvalue weighted by Gasteiger charge is 2.52. The predicted octanol–water partition coefficient (Wildman–Crippen LogP) is 2.35. The van der Waals surface area contributed by atoms with Crippen LogP contribution in [0.3, 0.4) is 0 Å². The molecule has 0 atom stereocenters. The van der Waals surface area contributed by atoms with Crippen LogP contribution in [0.1, 0.15) is 37.0 Å². The molecule has 2 N–H and O–H groups in total. The van der Waals surface area contributed by atoms with Gasteiger partial charge in [0.1, 0.15) is 5.54 Å². The highest BCUT2D eigenvalue weighted by Crippen LogP contribution is 2.34. The van der Waals surface area contributed by atoms with Crippen molar-refractivity contribution in [1.82, 2.24) is 15.5 Å². The molecular weight excluding hydrogens is 358 g/mol. The van der Waals surface area contributed by atoms with Crippen molar-refractivity contribution in [3.05, 3.63) is 22.4 Å². The first-order chi connectivity index (χ1) is 12.1. The largest absolute Gasteiger partial charge is 0.355 e. The zero-order valence-corrected chi connectivity index (χ0v) is 15.7. The number of imide groups is 1. The molecule has 1 spiro atoms. The maximum absolute atomic E-state index is 12.5. The van der Waals surface area contributed by atoms with Gasteiger partial charge in [0.2, 0.25) is 5.91 Å². The third kappa shape index (κ3) is 4.36. The van der Waals surface area contributed by atoms with E-state index < -0.39 is 5.54 Å². The lowest BCUT2D eigenvalue weighted by molar-refractivity contribution is -0.131. The van der Waals surface area contributed by atoms with Crippen molar-refractivity contribution in [2.75, 3.05) is 18.8 Å². The van der Waals surface area contributed by atoms with Gasteiger partial charge in [-0.15, -0.1) is 11.3 Å². The summed E-state index contributed by atoms with van der Waals surface area (Å²) in [6.45, 7) is 0.750. The Morgan fingerprint density at radius 1 is 1.36 bits per heavy atom. The zero-order chi connectivity index (χ0) is 17.7. The second kappa shape index (κ2) is 8.23. The first-order valence-corrected chi connectivity index (χ1v) is 10.7. The number of nitrogens with zero attached hydrogens (tertiary/aromatic N) is 1. The minimum Gasteiger partial charge on any atom is -0.355 e. The minimum atomic E-state index is -0.689. The Labute approximate surface area is 155 Å². The topological polar surface area (TPSA) is 78.5 Å². The normalized spacial score (nSPS) is 18.8. The van der Waals surface area contributed by atoms with Gasteiger partial charge in [0.05, 0.1) is 0 Å². The molecular formula is C17H23N3O3S2. The van der Waals surface area contributed by atoms with Crippen LogP contribution in [0.15, 0.2) is 17.5 Å². The molecule has 8 heteroatoms. The molecule has 2 heterocycles. The number of carbonyl (C=O) groups is 3. The van der Waals surface area contributed by atoms with Crippen LogP contribution in [0, 0.1) is 0 Å². The molecule has 1 aliphatic carbocycles. The molecule has 0 aromatic carbocycles. The van der Waals surface area contributed by atoms with Crippen molar-refractivity contribution in [3.8, 4) is 0 Å². The lowest BCUT2D eigenvalue weighted by atomic mass is 9.98. The van der Waals surface area contributed by atoms with Crippen LogP contribution >= 0.6 is 23.1 Å². The molecule has 1 aliphatic heterocycles. The standard InChI is InChI=1S/C17H23N3O3S2/c21-14(18-8-11-24-12-13-4-3-10-25-13)5-9-20-15(22)17(19-16(20)23)6-1-2-7-17/h3-4,10H,1-2,5-9,11-12H2,(H,18,21)(H,19,23). The molecule has 0 bridgehead atoms. The number of amides is 4. The lowest BCUT2D eigenvalue weighted by Gasteiger charge is -2.19. The summed E-state index contributed by atoms with van der Waals surface area (Å²) < 4.78 is 0. The van der Waals surface area contributed by atoms with E-state index in [0.29, 0.717) is 19.4 Å². The van der Waals surface area contributed by atoms with Gasteiger partial charge in [-0.3, -0.25) is 14.5 Å². The van der Waals surface area contributed by atoms with Gasteiger partial charge in [0, 0.05) is 35.9 Å². The summed E-state index contributed by atoms with van der Waals surface area (Å²) >= 11 is 3.51. The van der Waals surface area contributed by atoms with E-state index in [1.54, 1.807) is 23.1 Å². The highest BCUT2D eigenvalue weighted by molar-refractivity contribution is 7.98. The Kier molecular flexibility index (Phi) is 6.01. The monoisotopic (exact) mass is 381 g/mol. The van der Waals surface area contributed by atoms with Gasteiger partial charge in [0.25, 0.3) is 5.91 Å². The fourth-order valence-corrected chi connectivity index (χ4v) is 5.03. The molecule has 2 aliphatic rings. The second-order valence-corrected chi connectivity index (χ2v) is 8.55. The van der Waals surface area contributed by atoms with Gasteiger partial charge in [-0.2, -0.15) is 11.8 Å². The van der Waals surface area contributed by atoms with Crippen LogP contribution in [0.2, 0.25) is 0 Å². The van der Waals surface area contributed by atoms with Crippen molar-refractivity contribution in [2.24, 2.45) is 0 Å². The summed E-state index contributed by atoms with van der Waals surface area (Å²) in [6.07, 6.45) is 3.50. The number of urea groups is 1. The number of thioether (sulfide) groups is 1. The molecule has 1 aromatic rings. The molecule has 3 rings (SSSR count). The van der Waals surface area contributed by atoms with E-state index in [-0.39, 0.29) is 30.8 Å².